The van der Waals surface area contributed by atoms with Crippen molar-refractivity contribution in [1.82, 2.24) is 0 Å². The van der Waals surface area contributed by atoms with E-state index in [1.54, 1.807) is 0 Å². The molecule has 0 radical (unpaired) electrons. The molecule has 88 valence electrons. The Bertz CT molecular complexity index is 311. The van der Waals surface area contributed by atoms with Gasteiger partial charge in [-0.3, -0.25) is 19.2 Å². The predicted molar refractivity (Wildman–Crippen MR) is 49.8 cm³/mol. The highest BCUT2D eigenvalue weighted by atomic mass is 16.6. The van der Waals surface area contributed by atoms with Crippen molar-refractivity contribution in [2.45, 2.75) is 26.7 Å². The SMILES string of the molecule is CC1C(=O)OC(=O)CCC(=O)OC(=O)C1C. The van der Waals surface area contributed by atoms with Gasteiger partial charge >= 0.3 is 23.9 Å². The van der Waals surface area contributed by atoms with Crippen LogP contribution in [0.3, 0.4) is 0 Å². The van der Waals surface area contributed by atoms with Crippen molar-refractivity contribution in [3.63, 3.8) is 0 Å². The van der Waals surface area contributed by atoms with Gasteiger partial charge in [0.05, 0.1) is 24.7 Å². The van der Waals surface area contributed by atoms with Gasteiger partial charge in [-0.05, 0) is 0 Å². The van der Waals surface area contributed by atoms with Crippen molar-refractivity contribution in [2.75, 3.05) is 0 Å². The molecule has 1 rings (SSSR count). The van der Waals surface area contributed by atoms with Crippen LogP contribution < -0.4 is 0 Å². The maximum Gasteiger partial charge on any atom is 0.317 e. The third-order valence-electron chi connectivity index (χ3n) is 2.46. The molecule has 6 nitrogen and oxygen atoms in total. The van der Waals surface area contributed by atoms with Crippen molar-refractivity contribution < 1.29 is 28.7 Å². The van der Waals surface area contributed by atoms with Gasteiger partial charge in [0.15, 0.2) is 0 Å². The van der Waals surface area contributed by atoms with E-state index in [-0.39, 0.29) is 12.8 Å². The molecular weight excluding hydrogens is 216 g/mol. The monoisotopic (exact) mass is 228 g/mol. The fourth-order valence-electron chi connectivity index (χ4n) is 1.12. The second-order valence-electron chi connectivity index (χ2n) is 3.66. The standard InChI is InChI=1S/C10H12O6/c1-5-6(2)10(14)16-8(12)4-3-7(11)15-9(5)13/h5-6H,3-4H2,1-2H3. The maximum absolute atomic E-state index is 11.3. The zero-order valence-corrected chi connectivity index (χ0v) is 9.02. The molecular formula is C10H12O6. The van der Waals surface area contributed by atoms with Crippen molar-refractivity contribution >= 4 is 23.9 Å². The molecule has 0 amide bonds. The fourth-order valence-corrected chi connectivity index (χ4v) is 1.12. The molecule has 0 aliphatic carbocycles. The molecule has 0 bridgehead atoms. The third kappa shape index (κ3) is 2.88. The second kappa shape index (κ2) is 4.87. The summed E-state index contributed by atoms with van der Waals surface area (Å²) in [5.74, 6) is -4.75. The predicted octanol–water partition coefficient (Wildman–Crippen LogP) is 0.192. The number of esters is 4. The van der Waals surface area contributed by atoms with E-state index < -0.39 is 35.7 Å². The molecule has 6 heteroatoms. The molecule has 0 aromatic rings. The van der Waals surface area contributed by atoms with Gasteiger partial charge in [-0.2, -0.15) is 0 Å². The largest absolute Gasteiger partial charge is 0.393 e. The van der Waals surface area contributed by atoms with Gasteiger partial charge in [0.2, 0.25) is 0 Å². The number of hydrogen-bond donors (Lipinski definition) is 0. The molecule has 16 heavy (non-hydrogen) atoms. The molecule has 2 atom stereocenters. The minimum absolute atomic E-state index is 0.265. The fraction of sp³-hybridized carbons (Fsp3) is 0.600. The first-order chi connectivity index (χ1) is 7.41. The molecule has 1 fully saturated rings. The van der Waals surface area contributed by atoms with Crippen LogP contribution in [0, 0.1) is 11.8 Å². The molecule has 1 aliphatic rings. The van der Waals surface area contributed by atoms with Gasteiger partial charge in [-0.1, -0.05) is 13.8 Å². The minimum atomic E-state index is -0.817. The first-order valence-electron chi connectivity index (χ1n) is 4.91. The molecule has 0 aromatic carbocycles. The summed E-state index contributed by atoms with van der Waals surface area (Å²) < 4.78 is 8.94. The molecule has 2 unspecified atom stereocenters. The molecule has 0 spiro atoms. The summed E-state index contributed by atoms with van der Waals surface area (Å²) >= 11 is 0. The van der Waals surface area contributed by atoms with Crippen LogP contribution in [-0.4, -0.2) is 23.9 Å². The number of cyclic esters (lactones) is 4. The van der Waals surface area contributed by atoms with Crippen molar-refractivity contribution in [1.29, 1.82) is 0 Å². The Hall–Kier alpha value is -1.72. The highest BCUT2D eigenvalue weighted by molar-refractivity contribution is 5.94. The zero-order valence-electron chi connectivity index (χ0n) is 9.02. The van der Waals surface area contributed by atoms with Gasteiger partial charge in [-0.25, -0.2) is 0 Å². The van der Waals surface area contributed by atoms with Crippen LogP contribution in [0.25, 0.3) is 0 Å². The van der Waals surface area contributed by atoms with Crippen LogP contribution in [0.2, 0.25) is 0 Å². The number of carbonyl (C=O) groups is 4. The number of hydrogen-bond acceptors (Lipinski definition) is 6. The van der Waals surface area contributed by atoms with Crippen molar-refractivity contribution in [2.24, 2.45) is 11.8 Å². The highest BCUT2D eigenvalue weighted by Crippen LogP contribution is 2.17. The molecule has 1 heterocycles. The van der Waals surface area contributed by atoms with Crippen molar-refractivity contribution in [3.8, 4) is 0 Å². The lowest BCUT2D eigenvalue weighted by Gasteiger charge is -2.17. The average molecular weight is 228 g/mol. The Balaban J connectivity index is 2.85. The molecule has 0 saturated carbocycles. The van der Waals surface area contributed by atoms with Crippen LogP contribution in [0.4, 0.5) is 0 Å². The number of rotatable bonds is 0. The summed E-state index contributed by atoms with van der Waals surface area (Å²) in [6.07, 6.45) is -0.530. The second-order valence-corrected chi connectivity index (χ2v) is 3.66. The van der Waals surface area contributed by atoms with Gasteiger partial charge in [-0.15, -0.1) is 0 Å². The van der Waals surface area contributed by atoms with E-state index in [4.69, 9.17) is 0 Å². The lowest BCUT2D eigenvalue weighted by atomic mass is 9.96. The van der Waals surface area contributed by atoms with Gasteiger partial charge in [0.1, 0.15) is 0 Å². The topological polar surface area (TPSA) is 86.7 Å². The van der Waals surface area contributed by atoms with Crippen LogP contribution in [-0.2, 0) is 28.7 Å². The molecule has 1 aliphatic heterocycles. The molecule has 0 N–H and O–H groups in total. The lowest BCUT2D eigenvalue weighted by molar-refractivity contribution is -0.174. The quantitative estimate of drug-likeness (QED) is 0.434. The summed E-state index contributed by atoms with van der Waals surface area (Å²) in [6.45, 7) is 2.88. The van der Waals surface area contributed by atoms with Crippen LogP contribution >= 0.6 is 0 Å². The van der Waals surface area contributed by atoms with Gasteiger partial charge in [0, 0.05) is 0 Å². The average Bonchev–Trinajstić information content (AvgIpc) is 2.22. The summed E-state index contributed by atoms with van der Waals surface area (Å²) in [4.78, 5) is 44.8. The Kier molecular flexibility index (Phi) is 3.76. The Labute approximate surface area is 91.9 Å². The summed E-state index contributed by atoms with van der Waals surface area (Å²) in [7, 11) is 0. The first-order valence-corrected chi connectivity index (χ1v) is 4.91. The number of carbonyl (C=O) groups excluding carboxylic acids is 4. The lowest BCUT2D eigenvalue weighted by Crippen LogP contribution is -2.32. The minimum Gasteiger partial charge on any atom is -0.393 e. The summed E-state index contributed by atoms with van der Waals surface area (Å²) in [5.41, 5.74) is 0. The van der Waals surface area contributed by atoms with E-state index >= 15 is 0 Å². The first kappa shape index (κ1) is 12.4. The van der Waals surface area contributed by atoms with E-state index in [0.717, 1.165) is 0 Å². The normalized spacial score (nSPS) is 28.4. The van der Waals surface area contributed by atoms with Gasteiger partial charge in [0.25, 0.3) is 0 Å². The number of ether oxygens (including phenoxy) is 2. The third-order valence-corrected chi connectivity index (χ3v) is 2.46. The van der Waals surface area contributed by atoms with Crippen LogP contribution in [0.5, 0.6) is 0 Å². The zero-order chi connectivity index (χ0) is 12.3. The summed E-state index contributed by atoms with van der Waals surface area (Å²) in [6, 6.07) is 0. The molecule has 0 aromatic heterocycles. The summed E-state index contributed by atoms with van der Waals surface area (Å²) in [5, 5.41) is 0. The van der Waals surface area contributed by atoms with E-state index in [2.05, 4.69) is 9.47 Å². The van der Waals surface area contributed by atoms with E-state index in [1.807, 2.05) is 0 Å². The van der Waals surface area contributed by atoms with Crippen LogP contribution in [0.1, 0.15) is 26.7 Å². The Morgan fingerprint density at radius 1 is 0.812 bits per heavy atom. The van der Waals surface area contributed by atoms with Gasteiger partial charge < -0.3 is 9.47 Å². The van der Waals surface area contributed by atoms with Crippen molar-refractivity contribution in [3.05, 3.63) is 0 Å². The van der Waals surface area contributed by atoms with E-state index in [0.29, 0.717) is 0 Å². The van der Waals surface area contributed by atoms with E-state index in [1.165, 1.54) is 13.8 Å². The Morgan fingerprint density at radius 2 is 1.12 bits per heavy atom. The smallest absolute Gasteiger partial charge is 0.317 e. The molecule has 1 saturated heterocycles. The van der Waals surface area contributed by atoms with E-state index in [9.17, 15) is 19.2 Å². The maximum atomic E-state index is 11.3. The van der Waals surface area contributed by atoms with Crippen LogP contribution in [0.15, 0.2) is 0 Å². The highest BCUT2D eigenvalue weighted by Gasteiger charge is 2.32. The Morgan fingerprint density at radius 3 is 1.44 bits per heavy atom.